The molecule has 2 amide bonds. The molecule has 0 aromatic heterocycles. The van der Waals surface area contributed by atoms with E-state index in [0.29, 0.717) is 5.92 Å². The third-order valence-corrected chi connectivity index (χ3v) is 1.97. The van der Waals surface area contributed by atoms with Gasteiger partial charge in [-0.2, -0.15) is 0 Å². The van der Waals surface area contributed by atoms with Crippen molar-refractivity contribution < 1.29 is 14.7 Å². The molecule has 5 nitrogen and oxygen atoms in total. The number of carboxylic acids is 1. The lowest BCUT2D eigenvalue weighted by atomic mass is 10.1. The van der Waals surface area contributed by atoms with Crippen molar-refractivity contribution in [2.75, 3.05) is 6.54 Å². The van der Waals surface area contributed by atoms with Crippen molar-refractivity contribution in [3.05, 3.63) is 11.8 Å². The van der Waals surface area contributed by atoms with Gasteiger partial charge in [0.05, 0.1) is 6.42 Å². The Bertz CT molecular complexity index is 259. The van der Waals surface area contributed by atoms with Crippen molar-refractivity contribution in [3.8, 4) is 0 Å². The topological polar surface area (TPSA) is 78.4 Å². The molecule has 3 N–H and O–H groups in total. The Morgan fingerprint density at radius 3 is 2.47 bits per heavy atom. The first-order valence-corrected chi connectivity index (χ1v) is 4.86. The second kappa shape index (κ2) is 6.86. The summed E-state index contributed by atoms with van der Waals surface area (Å²) in [5.41, 5.74) is 1.06. The molecule has 0 saturated carbocycles. The van der Waals surface area contributed by atoms with Crippen LogP contribution >= 0.6 is 0 Å². The Balaban J connectivity index is 3.75. The molecular weight excluding hydrogens is 196 g/mol. The molecule has 0 aliphatic carbocycles. The van der Waals surface area contributed by atoms with Crippen LogP contribution in [0.4, 0.5) is 4.79 Å². The summed E-state index contributed by atoms with van der Waals surface area (Å²) < 4.78 is 0. The smallest absolute Gasteiger partial charge is 0.318 e. The normalized spacial score (nSPS) is 11.3. The number of amides is 2. The molecule has 0 rings (SSSR count). The van der Waals surface area contributed by atoms with Gasteiger partial charge >= 0.3 is 12.0 Å². The highest BCUT2D eigenvalue weighted by molar-refractivity contribution is 5.75. The van der Waals surface area contributed by atoms with Crippen LogP contribution < -0.4 is 10.6 Å². The second-order valence-electron chi connectivity index (χ2n) is 3.59. The molecule has 0 heterocycles. The van der Waals surface area contributed by atoms with E-state index in [1.807, 2.05) is 20.8 Å². The summed E-state index contributed by atoms with van der Waals surface area (Å²) in [7, 11) is 0. The predicted molar refractivity (Wildman–Crippen MR) is 57.4 cm³/mol. The first-order valence-electron chi connectivity index (χ1n) is 4.86. The maximum Gasteiger partial charge on any atom is 0.318 e. The van der Waals surface area contributed by atoms with E-state index < -0.39 is 5.97 Å². The Morgan fingerprint density at radius 1 is 1.40 bits per heavy atom. The van der Waals surface area contributed by atoms with Crippen LogP contribution in [0.15, 0.2) is 11.8 Å². The summed E-state index contributed by atoms with van der Waals surface area (Å²) in [5.74, 6) is -0.548. The Hall–Kier alpha value is -1.52. The van der Waals surface area contributed by atoms with Gasteiger partial charge in [0.25, 0.3) is 0 Å². The van der Waals surface area contributed by atoms with E-state index in [4.69, 9.17) is 5.11 Å². The average Bonchev–Trinajstić information content (AvgIpc) is 2.13. The molecule has 0 aromatic rings. The van der Waals surface area contributed by atoms with Crippen LogP contribution in [0, 0.1) is 5.92 Å². The van der Waals surface area contributed by atoms with Gasteiger partial charge in [-0.3, -0.25) is 4.79 Å². The first-order chi connectivity index (χ1) is 6.93. The van der Waals surface area contributed by atoms with Gasteiger partial charge in [0.2, 0.25) is 0 Å². The molecule has 0 bridgehead atoms. The number of aliphatic carboxylic acids is 1. The highest BCUT2D eigenvalue weighted by atomic mass is 16.4. The number of carbonyl (C=O) groups excluding carboxylic acids is 1. The van der Waals surface area contributed by atoms with Gasteiger partial charge in [-0.25, -0.2) is 4.79 Å². The lowest BCUT2D eigenvalue weighted by Gasteiger charge is -2.06. The van der Waals surface area contributed by atoms with Crippen LogP contribution in [0.5, 0.6) is 0 Å². The first kappa shape index (κ1) is 13.5. The fraction of sp³-hybridized carbons (Fsp3) is 0.600. The fourth-order valence-electron chi connectivity index (χ4n) is 0.680. The molecule has 0 aliphatic rings. The van der Waals surface area contributed by atoms with Crippen LogP contribution in [0.2, 0.25) is 0 Å². The molecule has 0 aliphatic heterocycles. The van der Waals surface area contributed by atoms with Crippen molar-refractivity contribution in [2.45, 2.75) is 27.2 Å². The zero-order chi connectivity index (χ0) is 11.8. The molecule has 5 heteroatoms. The molecule has 0 atom stereocenters. The van der Waals surface area contributed by atoms with E-state index in [-0.39, 0.29) is 19.0 Å². The SMILES string of the molecule is C/C(=C\NC(=O)NCCC(=O)O)C(C)C. The summed E-state index contributed by atoms with van der Waals surface area (Å²) in [5, 5.41) is 13.3. The van der Waals surface area contributed by atoms with Crippen LogP contribution in [0.1, 0.15) is 27.2 Å². The van der Waals surface area contributed by atoms with Crippen molar-refractivity contribution in [1.29, 1.82) is 0 Å². The van der Waals surface area contributed by atoms with Crippen molar-refractivity contribution in [1.82, 2.24) is 10.6 Å². The van der Waals surface area contributed by atoms with Gasteiger partial charge in [0.15, 0.2) is 0 Å². The molecule has 15 heavy (non-hydrogen) atoms. The van der Waals surface area contributed by atoms with E-state index in [9.17, 15) is 9.59 Å². The van der Waals surface area contributed by atoms with Gasteiger partial charge in [-0.05, 0) is 12.8 Å². The van der Waals surface area contributed by atoms with Crippen LogP contribution in [-0.4, -0.2) is 23.7 Å². The largest absolute Gasteiger partial charge is 0.481 e. The molecule has 0 fully saturated rings. The zero-order valence-electron chi connectivity index (χ0n) is 9.33. The predicted octanol–water partition coefficient (Wildman–Crippen LogP) is 1.32. The van der Waals surface area contributed by atoms with E-state index in [0.717, 1.165) is 5.57 Å². The molecular formula is C10H18N2O3. The number of urea groups is 1. The van der Waals surface area contributed by atoms with Gasteiger partial charge < -0.3 is 15.7 Å². The minimum Gasteiger partial charge on any atom is -0.481 e. The highest BCUT2D eigenvalue weighted by Gasteiger charge is 2.01. The number of hydrogen-bond donors (Lipinski definition) is 3. The minimum absolute atomic E-state index is 0.0691. The van der Waals surface area contributed by atoms with Gasteiger partial charge in [-0.1, -0.05) is 19.4 Å². The van der Waals surface area contributed by atoms with Gasteiger partial charge in [0.1, 0.15) is 0 Å². The van der Waals surface area contributed by atoms with Gasteiger partial charge in [0, 0.05) is 12.7 Å². The number of allylic oxidation sites excluding steroid dienone is 1. The number of carbonyl (C=O) groups is 2. The summed E-state index contributed by atoms with van der Waals surface area (Å²) in [6, 6.07) is -0.378. The lowest BCUT2D eigenvalue weighted by molar-refractivity contribution is -0.136. The van der Waals surface area contributed by atoms with E-state index in [1.165, 1.54) is 0 Å². The van der Waals surface area contributed by atoms with Crippen molar-refractivity contribution >= 4 is 12.0 Å². The average molecular weight is 214 g/mol. The molecule has 0 radical (unpaired) electrons. The van der Waals surface area contributed by atoms with Crippen LogP contribution in [-0.2, 0) is 4.79 Å². The maximum absolute atomic E-state index is 11.1. The molecule has 0 aromatic carbocycles. The van der Waals surface area contributed by atoms with Crippen molar-refractivity contribution in [2.24, 2.45) is 5.92 Å². The Morgan fingerprint density at radius 2 is 2.00 bits per heavy atom. The number of nitrogens with one attached hydrogen (secondary N) is 2. The van der Waals surface area contributed by atoms with Crippen LogP contribution in [0.3, 0.4) is 0 Å². The highest BCUT2D eigenvalue weighted by Crippen LogP contribution is 2.05. The van der Waals surface area contributed by atoms with E-state index in [2.05, 4.69) is 10.6 Å². The summed E-state index contributed by atoms with van der Waals surface area (Å²) >= 11 is 0. The fourth-order valence-corrected chi connectivity index (χ4v) is 0.680. The molecule has 0 saturated heterocycles. The molecule has 86 valence electrons. The van der Waals surface area contributed by atoms with Crippen LogP contribution in [0.25, 0.3) is 0 Å². The second-order valence-corrected chi connectivity index (χ2v) is 3.59. The zero-order valence-corrected chi connectivity index (χ0v) is 9.33. The van der Waals surface area contributed by atoms with E-state index >= 15 is 0 Å². The third kappa shape index (κ3) is 7.54. The maximum atomic E-state index is 11.1. The van der Waals surface area contributed by atoms with Gasteiger partial charge in [-0.15, -0.1) is 0 Å². The number of rotatable bonds is 5. The van der Waals surface area contributed by atoms with Crippen molar-refractivity contribution in [3.63, 3.8) is 0 Å². The Labute approximate surface area is 89.6 Å². The third-order valence-electron chi connectivity index (χ3n) is 1.97. The summed E-state index contributed by atoms with van der Waals surface area (Å²) in [4.78, 5) is 21.2. The minimum atomic E-state index is -0.927. The van der Waals surface area contributed by atoms with E-state index in [1.54, 1.807) is 6.20 Å². The molecule has 0 unspecified atom stereocenters. The number of carboxylic acid groups (broad SMARTS) is 1. The standard InChI is InChI=1S/C10H18N2O3/c1-7(2)8(3)6-12-10(15)11-5-4-9(13)14/h6-7H,4-5H2,1-3H3,(H,13,14)(H2,11,12,15)/b8-6+. The Kier molecular flexibility index (Phi) is 6.17. The lowest BCUT2D eigenvalue weighted by Crippen LogP contribution is -2.33. The summed E-state index contributed by atoms with van der Waals surface area (Å²) in [6.45, 7) is 6.10. The molecule has 0 spiro atoms. The quantitative estimate of drug-likeness (QED) is 0.645. The summed E-state index contributed by atoms with van der Waals surface area (Å²) in [6.07, 6.45) is 1.56. The number of hydrogen-bond acceptors (Lipinski definition) is 2. The monoisotopic (exact) mass is 214 g/mol.